The van der Waals surface area contributed by atoms with Gasteiger partial charge in [-0.25, -0.2) is 13.1 Å². The number of aryl methyl sites for hydroxylation is 2. The second-order valence-corrected chi connectivity index (χ2v) is 9.30. The van der Waals surface area contributed by atoms with E-state index in [4.69, 9.17) is 4.42 Å². The molecule has 0 spiro atoms. The van der Waals surface area contributed by atoms with Crippen molar-refractivity contribution in [2.45, 2.75) is 44.5 Å². The number of nitrogens with zero attached hydrogens (tertiary/aromatic N) is 1. The molecule has 0 aliphatic carbocycles. The molecule has 1 aromatic heterocycles. The molecule has 1 fully saturated rings. The maximum Gasteiger partial charge on any atom is 0.573 e. The monoisotopic (exact) mass is 446 g/mol. The quantitative estimate of drug-likeness (QED) is 0.697. The lowest BCUT2D eigenvalue weighted by Gasteiger charge is -2.31. The number of likely N-dealkylation sites (tertiary alicyclic amines) is 1. The van der Waals surface area contributed by atoms with Gasteiger partial charge in [0.25, 0.3) is 0 Å². The third-order valence-electron chi connectivity index (χ3n) is 5.17. The van der Waals surface area contributed by atoms with E-state index in [1.165, 1.54) is 5.56 Å². The maximum atomic E-state index is 12.4. The summed E-state index contributed by atoms with van der Waals surface area (Å²) < 4.78 is 73.4. The van der Waals surface area contributed by atoms with Gasteiger partial charge in [0.05, 0.1) is 4.90 Å². The predicted molar refractivity (Wildman–Crippen MR) is 104 cm³/mol. The molecular weight excluding hydrogens is 421 g/mol. The average Bonchev–Trinajstić information content (AvgIpc) is 2.97. The summed E-state index contributed by atoms with van der Waals surface area (Å²) in [4.78, 5) is 2.22. The first-order valence-electron chi connectivity index (χ1n) is 9.65. The van der Waals surface area contributed by atoms with E-state index in [-0.39, 0.29) is 10.8 Å². The first-order valence-corrected chi connectivity index (χ1v) is 11.1. The van der Waals surface area contributed by atoms with Crippen LogP contribution in [0.15, 0.2) is 39.6 Å². The highest BCUT2D eigenvalue weighted by Gasteiger charge is 2.31. The lowest BCUT2D eigenvalue weighted by Crippen LogP contribution is -2.38. The Hall–Kier alpha value is -2.04. The van der Waals surface area contributed by atoms with Gasteiger partial charge in [0.15, 0.2) is 0 Å². The van der Waals surface area contributed by atoms with Crippen LogP contribution in [0, 0.1) is 19.8 Å². The standard InChI is InChI=1S/C20H25F3N2O4S/c1-14-11-17(15(2)28-14)13-25-9-7-16(8-10-25)12-24-30(26,27)19-5-3-18(4-6-19)29-20(21,22)23/h3-6,11,16,24H,7-10,12-13H2,1-2H3. The van der Waals surface area contributed by atoms with Gasteiger partial charge in [-0.1, -0.05) is 0 Å². The molecule has 10 heteroatoms. The molecule has 1 aromatic carbocycles. The Morgan fingerprint density at radius 1 is 1.17 bits per heavy atom. The molecule has 30 heavy (non-hydrogen) atoms. The summed E-state index contributed by atoms with van der Waals surface area (Å²) >= 11 is 0. The fourth-order valence-electron chi connectivity index (χ4n) is 3.56. The summed E-state index contributed by atoms with van der Waals surface area (Å²) in [5.41, 5.74) is 1.17. The van der Waals surface area contributed by atoms with Gasteiger partial charge in [-0.15, -0.1) is 13.2 Å². The lowest BCUT2D eigenvalue weighted by molar-refractivity contribution is -0.274. The first kappa shape index (κ1) is 22.6. The van der Waals surface area contributed by atoms with Crippen molar-refractivity contribution < 1.29 is 30.7 Å². The van der Waals surface area contributed by atoms with Crippen molar-refractivity contribution in [3.8, 4) is 5.75 Å². The van der Waals surface area contributed by atoms with Crippen molar-refractivity contribution in [2.24, 2.45) is 5.92 Å². The van der Waals surface area contributed by atoms with E-state index >= 15 is 0 Å². The van der Waals surface area contributed by atoms with Crippen LogP contribution in [0.3, 0.4) is 0 Å². The molecule has 0 atom stereocenters. The number of benzene rings is 1. The topological polar surface area (TPSA) is 71.8 Å². The van der Waals surface area contributed by atoms with E-state index in [1.54, 1.807) is 0 Å². The number of ether oxygens (including phenoxy) is 1. The van der Waals surface area contributed by atoms with Crippen LogP contribution in [0.2, 0.25) is 0 Å². The van der Waals surface area contributed by atoms with Gasteiger partial charge >= 0.3 is 6.36 Å². The number of nitrogens with one attached hydrogen (secondary N) is 1. The van der Waals surface area contributed by atoms with E-state index in [0.717, 1.165) is 68.3 Å². The van der Waals surface area contributed by atoms with E-state index < -0.39 is 22.1 Å². The zero-order chi connectivity index (χ0) is 21.9. The molecule has 0 radical (unpaired) electrons. The summed E-state index contributed by atoms with van der Waals surface area (Å²) in [5.74, 6) is 1.56. The van der Waals surface area contributed by atoms with Gasteiger partial charge < -0.3 is 9.15 Å². The van der Waals surface area contributed by atoms with Crippen LogP contribution in [-0.2, 0) is 16.6 Å². The molecule has 3 rings (SSSR count). The van der Waals surface area contributed by atoms with Crippen LogP contribution in [0.5, 0.6) is 5.75 Å². The Labute approximate surface area is 174 Å². The molecular formula is C20H25F3N2O4S. The van der Waals surface area contributed by atoms with Gasteiger partial charge in [-0.2, -0.15) is 0 Å². The van der Waals surface area contributed by atoms with E-state index in [9.17, 15) is 21.6 Å². The molecule has 1 aliphatic rings. The molecule has 1 aliphatic heterocycles. The second kappa shape index (κ2) is 8.99. The SMILES string of the molecule is Cc1cc(CN2CCC(CNS(=O)(=O)c3ccc(OC(F)(F)F)cc3)CC2)c(C)o1. The van der Waals surface area contributed by atoms with Crippen LogP contribution in [0.1, 0.15) is 29.9 Å². The molecule has 166 valence electrons. The normalized spacial score (nSPS) is 16.7. The highest BCUT2D eigenvalue weighted by atomic mass is 32.2. The number of rotatable bonds is 7. The summed E-state index contributed by atoms with van der Waals surface area (Å²) in [6, 6.07) is 6.21. The van der Waals surface area contributed by atoms with Crippen LogP contribution in [0.4, 0.5) is 13.2 Å². The van der Waals surface area contributed by atoms with Gasteiger partial charge in [0, 0.05) is 18.7 Å². The summed E-state index contributed by atoms with van der Waals surface area (Å²) in [5, 5.41) is 0. The molecule has 1 N–H and O–H groups in total. The number of alkyl halides is 3. The van der Waals surface area contributed by atoms with E-state index in [0.29, 0.717) is 6.54 Å². The molecule has 1 saturated heterocycles. The third kappa shape index (κ3) is 6.23. The van der Waals surface area contributed by atoms with Crippen LogP contribution >= 0.6 is 0 Å². The Bertz CT molecular complexity index is 947. The Morgan fingerprint density at radius 3 is 2.33 bits per heavy atom. The zero-order valence-corrected chi connectivity index (χ0v) is 17.6. The average molecular weight is 446 g/mol. The number of furan rings is 1. The molecule has 0 bridgehead atoms. The summed E-state index contributed by atoms with van der Waals surface area (Å²) in [6.07, 6.45) is -3.10. The molecule has 0 unspecified atom stereocenters. The minimum atomic E-state index is -4.82. The van der Waals surface area contributed by atoms with Gasteiger partial charge in [0.2, 0.25) is 10.0 Å². The fourth-order valence-corrected chi connectivity index (χ4v) is 4.68. The Morgan fingerprint density at radius 2 is 1.80 bits per heavy atom. The lowest BCUT2D eigenvalue weighted by atomic mass is 9.97. The van der Waals surface area contributed by atoms with E-state index in [1.807, 2.05) is 19.9 Å². The third-order valence-corrected chi connectivity index (χ3v) is 6.61. The number of hydrogen-bond donors (Lipinski definition) is 1. The molecule has 0 saturated carbocycles. The maximum absolute atomic E-state index is 12.4. The summed E-state index contributed by atoms with van der Waals surface area (Å²) in [7, 11) is -3.80. The summed E-state index contributed by atoms with van der Waals surface area (Å²) in [6.45, 7) is 6.70. The highest BCUT2D eigenvalue weighted by Crippen LogP contribution is 2.25. The second-order valence-electron chi connectivity index (χ2n) is 7.53. The zero-order valence-electron chi connectivity index (χ0n) is 16.8. The van der Waals surface area contributed by atoms with Gasteiger partial charge in [0.1, 0.15) is 17.3 Å². The van der Waals surface area contributed by atoms with Gasteiger partial charge in [-0.3, -0.25) is 4.90 Å². The highest BCUT2D eigenvalue weighted by molar-refractivity contribution is 7.89. The first-order chi connectivity index (χ1) is 14.0. The molecule has 2 heterocycles. The molecule has 2 aromatic rings. The fraction of sp³-hybridized carbons (Fsp3) is 0.500. The Balaban J connectivity index is 1.48. The van der Waals surface area contributed by atoms with Crippen molar-refractivity contribution >= 4 is 10.0 Å². The van der Waals surface area contributed by atoms with Crippen molar-refractivity contribution in [1.82, 2.24) is 9.62 Å². The van der Waals surface area contributed by atoms with Crippen LogP contribution in [0.25, 0.3) is 0 Å². The van der Waals surface area contributed by atoms with Crippen molar-refractivity contribution in [3.05, 3.63) is 47.4 Å². The Kier molecular flexibility index (Phi) is 6.78. The minimum Gasteiger partial charge on any atom is -0.466 e. The van der Waals surface area contributed by atoms with Gasteiger partial charge in [-0.05, 0) is 76.0 Å². The van der Waals surface area contributed by atoms with Crippen LogP contribution < -0.4 is 9.46 Å². The van der Waals surface area contributed by atoms with Crippen molar-refractivity contribution in [1.29, 1.82) is 0 Å². The molecule has 6 nitrogen and oxygen atoms in total. The number of hydrogen-bond acceptors (Lipinski definition) is 5. The number of halogens is 3. The number of sulfonamides is 1. The predicted octanol–water partition coefficient (Wildman–Crippen LogP) is 3.99. The van der Waals surface area contributed by atoms with Crippen molar-refractivity contribution in [3.63, 3.8) is 0 Å². The van der Waals surface area contributed by atoms with Crippen LogP contribution in [-0.4, -0.2) is 39.3 Å². The molecule has 0 amide bonds. The largest absolute Gasteiger partial charge is 0.573 e. The van der Waals surface area contributed by atoms with E-state index in [2.05, 4.69) is 14.4 Å². The smallest absolute Gasteiger partial charge is 0.466 e. The number of piperidine rings is 1. The van der Waals surface area contributed by atoms with Crippen molar-refractivity contribution in [2.75, 3.05) is 19.6 Å². The minimum absolute atomic E-state index is 0.0970.